The van der Waals surface area contributed by atoms with Crippen molar-refractivity contribution >= 4 is 28.7 Å². The van der Waals surface area contributed by atoms with E-state index in [-0.39, 0.29) is 5.57 Å². The highest BCUT2D eigenvalue weighted by Gasteiger charge is 2.00. The van der Waals surface area contributed by atoms with E-state index in [9.17, 15) is 0 Å². The molecule has 0 atom stereocenters. The lowest BCUT2D eigenvalue weighted by atomic mass is 10.1. The Labute approximate surface area is 96.6 Å². The fraction of sp³-hybridized carbons (Fsp3) is 0.0909. The van der Waals surface area contributed by atoms with Gasteiger partial charge >= 0.3 is 0 Å². The predicted molar refractivity (Wildman–Crippen MR) is 63.1 cm³/mol. The van der Waals surface area contributed by atoms with Gasteiger partial charge in [-0.15, -0.1) is 0 Å². The minimum Gasteiger partial charge on any atom is -0.192 e. The minimum absolute atomic E-state index is 0.134. The summed E-state index contributed by atoms with van der Waals surface area (Å²) in [6.45, 7) is 1.97. The van der Waals surface area contributed by atoms with Crippen molar-refractivity contribution in [1.29, 1.82) is 10.5 Å². The molecule has 0 fully saturated rings. The normalized spacial score (nSPS) is 8.57. The van der Waals surface area contributed by atoms with Crippen LogP contribution in [0.15, 0.2) is 23.8 Å². The Kier molecular flexibility index (Phi) is 3.67. The Morgan fingerprint density at radius 3 is 2.57 bits per heavy atom. The summed E-state index contributed by atoms with van der Waals surface area (Å²) in [4.78, 5) is 0. The van der Waals surface area contributed by atoms with Crippen LogP contribution in [0.25, 0.3) is 6.08 Å². The van der Waals surface area contributed by atoms with Gasteiger partial charge in [0.2, 0.25) is 0 Å². The molecule has 0 unspecified atom stereocenters. The molecule has 0 aromatic heterocycles. The maximum atomic E-state index is 8.60. The van der Waals surface area contributed by atoms with E-state index in [1.54, 1.807) is 6.08 Å². The molecule has 0 aliphatic heterocycles. The number of hydrogen-bond donors (Lipinski definition) is 0. The van der Waals surface area contributed by atoms with Crippen LogP contribution < -0.4 is 0 Å². The van der Waals surface area contributed by atoms with Crippen LogP contribution in [0.3, 0.4) is 0 Å². The van der Waals surface area contributed by atoms with Gasteiger partial charge in [-0.3, -0.25) is 0 Å². The van der Waals surface area contributed by atoms with Crippen LogP contribution in [-0.2, 0) is 0 Å². The molecule has 0 saturated carbocycles. The highest BCUT2D eigenvalue weighted by Crippen LogP contribution is 2.18. The summed E-state index contributed by atoms with van der Waals surface area (Å²) in [6.07, 6.45) is 1.61. The first-order valence-electron chi connectivity index (χ1n) is 3.96. The molecular weight excluding hydrogens is 287 g/mol. The van der Waals surface area contributed by atoms with Crippen LogP contribution in [0.5, 0.6) is 0 Å². The maximum absolute atomic E-state index is 8.60. The van der Waals surface area contributed by atoms with Gasteiger partial charge in [-0.2, -0.15) is 10.5 Å². The first kappa shape index (κ1) is 10.7. The van der Waals surface area contributed by atoms with Crippen LogP contribution >= 0.6 is 22.6 Å². The predicted octanol–water partition coefficient (Wildman–Crippen LogP) is 3.03. The van der Waals surface area contributed by atoms with E-state index in [1.165, 1.54) is 0 Å². The second-order valence-corrected chi connectivity index (χ2v) is 3.90. The SMILES string of the molecule is Cc1c(I)cccc1C=C(C#N)C#N. The van der Waals surface area contributed by atoms with Gasteiger partial charge in [-0.25, -0.2) is 0 Å². The zero-order valence-electron chi connectivity index (χ0n) is 7.58. The van der Waals surface area contributed by atoms with Crippen LogP contribution in [0.4, 0.5) is 0 Å². The highest BCUT2D eigenvalue weighted by atomic mass is 127. The summed E-state index contributed by atoms with van der Waals surface area (Å²) in [5.74, 6) is 0. The summed E-state index contributed by atoms with van der Waals surface area (Å²) >= 11 is 2.23. The first-order valence-corrected chi connectivity index (χ1v) is 5.04. The molecule has 1 aromatic carbocycles. The van der Waals surface area contributed by atoms with Gasteiger partial charge in [-0.05, 0) is 52.8 Å². The molecule has 68 valence electrons. The smallest absolute Gasteiger partial charge is 0.130 e. The molecule has 1 rings (SSSR count). The fourth-order valence-corrected chi connectivity index (χ4v) is 1.54. The Bertz CT molecular complexity index is 445. The van der Waals surface area contributed by atoms with Gasteiger partial charge in [0, 0.05) is 3.57 Å². The molecule has 0 amide bonds. The van der Waals surface area contributed by atoms with Gasteiger partial charge in [0.05, 0.1) is 0 Å². The van der Waals surface area contributed by atoms with Crippen molar-refractivity contribution in [2.45, 2.75) is 6.92 Å². The zero-order valence-corrected chi connectivity index (χ0v) is 9.74. The maximum Gasteiger partial charge on any atom is 0.130 e. The Balaban J connectivity index is 3.24. The van der Waals surface area contributed by atoms with Crippen molar-refractivity contribution in [1.82, 2.24) is 0 Å². The minimum atomic E-state index is 0.134. The standard InChI is InChI=1S/C11H7IN2/c1-8-10(3-2-4-11(8)12)5-9(6-13)7-14/h2-5H,1H3. The Hall–Kier alpha value is -1.33. The van der Waals surface area contributed by atoms with E-state index in [4.69, 9.17) is 10.5 Å². The Morgan fingerprint density at radius 1 is 1.36 bits per heavy atom. The second-order valence-electron chi connectivity index (χ2n) is 2.74. The number of halogens is 1. The molecule has 0 N–H and O–H groups in total. The zero-order chi connectivity index (χ0) is 10.6. The van der Waals surface area contributed by atoms with E-state index in [0.29, 0.717) is 0 Å². The second kappa shape index (κ2) is 4.78. The molecule has 2 nitrogen and oxygen atoms in total. The van der Waals surface area contributed by atoms with Crippen molar-refractivity contribution in [3.8, 4) is 12.1 Å². The number of hydrogen-bond acceptors (Lipinski definition) is 2. The summed E-state index contributed by atoms with van der Waals surface area (Å²) in [5, 5.41) is 17.2. The topological polar surface area (TPSA) is 47.6 Å². The van der Waals surface area contributed by atoms with Gasteiger partial charge in [0.1, 0.15) is 17.7 Å². The average Bonchev–Trinajstić information content (AvgIpc) is 2.20. The molecule has 0 radical (unpaired) electrons. The number of nitrogens with zero attached hydrogens (tertiary/aromatic N) is 2. The van der Waals surface area contributed by atoms with Crippen molar-refractivity contribution in [3.05, 3.63) is 38.5 Å². The third-order valence-corrected chi connectivity index (χ3v) is 3.02. The largest absolute Gasteiger partial charge is 0.192 e. The van der Waals surface area contributed by atoms with Gasteiger partial charge in [0.25, 0.3) is 0 Å². The lowest BCUT2D eigenvalue weighted by Crippen LogP contribution is -1.85. The van der Waals surface area contributed by atoms with Gasteiger partial charge in [-0.1, -0.05) is 12.1 Å². The fourth-order valence-electron chi connectivity index (χ4n) is 1.03. The van der Waals surface area contributed by atoms with Crippen molar-refractivity contribution in [2.75, 3.05) is 0 Å². The van der Waals surface area contributed by atoms with Crippen molar-refractivity contribution < 1.29 is 0 Å². The lowest BCUT2D eigenvalue weighted by molar-refractivity contribution is 1.40. The van der Waals surface area contributed by atoms with Crippen LogP contribution in [0, 0.1) is 33.2 Å². The van der Waals surface area contributed by atoms with Gasteiger partial charge < -0.3 is 0 Å². The summed E-state index contributed by atoms with van der Waals surface area (Å²) in [6, 6.07) is 9.49. The van der Waals surface area contributed by atoms with Crippen molar-refractivity contribution in [3.63, 3.8) is 0 Å². The van der Waals surface area contributed by atoms with Crippen LogP contribution in [-0.4, -0.2) is 0 Å². The third kappa shape index (κ3) is 2.34. The molecule has 1 aromatic rings. The lowest BCUT2D eigenvalue weighted by Gasteiger charge is -2.01. The van der Waals surface area contributed by atoms with E-state index < -0.39 is 0 Å². The molecule has 14 heavy (non-hydrogen) atoms. The van der Waals surface area contributed by atoms with Crippen LogP contribution in [0.1, 0.15) is 11.1 Å². The third-order valence-electron chi connectivity index (χ3n) is 1.85. The van der Waals surface area contributed by atoms with E-state index in [1.807, 2.05) is 37.3 Å². The number of nitriles is 2. The average molecular weight is 294 g/mol. The van der Waals surface area contributed by atoms with Crippen LogP contribution in [0.2, 0.25) is 0 Å². The van der Waals surface area contributed by atoms with E-state index in [0.717, 1.165) is 14.7 Å². The number of rotatable bonds is 1. The molecule has 0 spiro atoms. The number of benzene rings is 1. The first-order chi connectivity index (χ1) is 6.69. The van der Waals surface area contributed by atoms with Gasteiger partial charge in [0.15, 0.2) is 0 Å². The summed E-state index contributed by atoms with van der Waals surface area (Å²) < 4.78 is 1.13. The monoisotopic (exact) mass is 294 g/mol. The molecule has 0 heterocycles. The van der Waals surface area contributed by atoms with Crippen molar-refractivity contribution in [2.24, 2.45) is 0 Å². The van der Waals surface area contributed by atoms with E-state index in [2.05, 4.69) is 22.6 Å². The molecule has 3 heteroatoms. The summed E-state index contributed by atoms with van der Waals surface area (Å²) in [5.41, 5.74) is 2.15. The quantitative estimate of drug-likeness (QED) is 0.590. The van der Waals surface area contributed by atoms with E-state index >= 15 is 0 Å². The molecule has 0 bridgehead atoms. The Morgan fingerprint density at radius 2 is 2.00 bits per heavy atom. The highest BCUT2D eigenvalue weighted by molar-refractivity contribution is 14.1. The summed E-state index contributed by atoms with van der Waals surface area (Å²) in [7, 11) is 0. The molecular formula is C11H7IN2. The number of allylic oxidation sites excluding steroid dienone is 1. The molecule has 0 aliphatic rings. The molecule has 0 aliphatic carbocycles. The molecule has 0 saturated heterocycles.